The van der Waals surface area contributed by atoms with Gasteiger partial charge in [0.1, 0.15) is 0 Å². The first-order chi connectivity index (χ1) is 3.30. The molecule has 2 nitrogen and oxygen atoms in total. The Morgan fingerprint density at radius 3 is 1.29 bits per heavy atom. The molecule has 0 aromatic rings. The summed E-state index contributed by atoms with van der Waals surface area (Å²) < 4.78 is 4.92. The summed E-state index contributed by atoms with van der Waals surface area (Å²) in [5.41, 5.74) is 0. The molecule has 1 N–H and O–H groups in total. The zero-order valence-electron chi connectivity index (χ0n) is 5.01. The number of epoxide rings is 1. The predicted octanol–water partition coefficient (Wildman–Crippen LogP) is 0.402. The standard InChI is InChI=1S/C4H8O.CH4O/c1-3-4(2)5-3;1-2/h3-4H,1-2H3;2H,1H3. The summed E-state index contributed by atoms with van der Waals surface area (Å²) in [6, 6.07) is 0. The van der Waals surface area contributed by atoms with Crippen LogP contribution in [0.1, 0.15) is 13.8 Å². The highest BCUT2D eigenvalue weighted by Crippen LogP contribution is 2.18. The maximum atomic E-state index is 7.00. The molecule has 0 amide bonds. The fourth-order valence-electron chi connectivity index (χ4n) is 0.293. The minimum absolute atomic E-state index is 0.551. The van der Waals surface area contributed by atoms with Gasteiger partial charge in [-0.3, -0.25) is 0 Å². The topological polar surface area (TPSA) is 32.8 Å². The van der Waals surface area contributed by atoms with Crippen molar-refractivity contribution in [3.05, 3.63) is 0 Å². The number of aliphatic hydroxyl groups excluding tert-OH is 1. The molecule has 1 aliphatic heterocycles. The van der Waals surface area contributed by atoms with Crippen LogP contribution < -0.4 is 0 Å². The van der Waals surface area contributed by atoms with Gasteiger partial charge in [0.25, 0.3) is 0 Å². The maximum Gasteiger partial charge on any atom is 0.0811 e. The average molecular weight is 104 g/mol. The van der Waals surface area contributed by atoms with Gasteiger partial charge in [0.05, 0.1) is 12.2 Å². The van der Waals surface area contributed by atoms with Crippen LogP contribution in [0.4, 0.5) is 0 Å². The summed E-state index contributed by atoms with van der Waals surface area (Å²) in [5.74, 6) is 0. The molecule has 0 aliphatic carbocycles. The summed E-state index contributed by atoms with van der Waals surface area (Å²) >= 11 is 0. The summed E-state index contributed by atoms with van der Waals surface area (Å²) in [6.45, 7) is 4.15. The minimum atomic E-state index is 0.551. The predicted molar refractivity (Wildman–Crippen MR) is 28.2 cm³/mol. The van der Waals surface area contributed by atoms with Crippen LogP contribution >= 0.6 is 0 Å². The molecule has 0 bridgehead atoms. The van der Waals surface area contributed by atoms with E-state index in [-0.39, 0.29) is 0 Å². The van der Waals surface area contributed by atoms with E-state index in [9.17, 15) is 0 Å². The lowest BCUT2D eigenvalue weighted by molar-refractivity contribution is 0.389. The van der Waals surface area contributed by atoms with Gasteiger partial charge in [-0.1, -0.05) is 0 Å². The fourth-order valence-corrected chi connectivity index (χ4v) is 0.293. The van der Waals surface area contributed by atoms with E-state index < -0.39 is 0 Å². The van der Waals surface area contributed by atoms with Gasteiger partial charge in [0.15, 0.2) is 0 Å². The first-order valence-electron chi connectivity index (χ1n) is 2.41. The van der Waals surface area contributed by atoms with Crippen molar-refractivity contribution in [1.29, 1.82) is 0 Å². The van der Waals surface area contributed by atoms with E-state index in [0.29, 0.717) is 12.2 Å². The maximum absolute atomic E-state index is 7.00. The molecule has 2 heteroatoms. The molecule has 44 valence electrons. The highest BCUT2D eigenvalue weighted by atomic mass is 16.6. The third-order valence-corrected chi connectivity index (χ3v) is 1.01. The Labute approximate surface area is 44.1 Å². The Bertz CT molecular complexity index is 39.3. The van der Waals surface area contributed by atoms with E-state index >= 15 is 0 Å². The van der Waals surface area contributed by atoms with Gasteiger partial charge in [0.2, 0.25) is 0 Å². The molecular weight excluding hydrogens is 92.1 g/mol. The van der Waals surface area contributed by atoms with Crippen LogP contribution in [-0.4, -0.2) is 24.4 Å². The zero-order valence-corrected chi connectivity index (χ0v) is 5.01. The lowest BCUT2D eigenvalue weighted by atomic mass is 10.4. The quantitative estimate of drug-likeness (QED) is 0.451. The Hall–Kier alpha value is -0.0800. The molecule has 1 fully saturated rings. The molecule has 0 aromatic heterocycles. The van der Waals surface area contributed by atoms with Crippen molar-refractivity contribution in [3.8, 4) is 0 Å². The third-order valence-electron chi connectivity index (χ3n) is 1.01. The monoisotopic (exact) mass is 104 g/mol. The number of hydrogen-bond donors (Lipinski definition) is 1. The summed E-state index contributed by atoms with van der Waals surface area (Å²) in [5, 5.41) is 7.00. The van der Waals surface area contributed by atoms with Gasteiger partial charge < -0.3 is 9.84 Å². The summed E-state index contributed by atoms with van der Waals surface area (Å²) in [6.07, 6.45) is 1.10. The Morgan fingerprint density at radius 1 is 1.14 bits per heavy atom. The van der Waals surface area contributed by atoms with E-state index in [1.54, 1.807) is 0 Å². The van der Waals surface area contributed by atoms with Gasteiger partial charge in [-0.05, 0) is 13.8 Å². The Balaban J connectivity index is 0.000000162. The van der Waals surface area contributed by atoms with E-state index in [1.807, 2.05) is 0 Å². The number of ether oxygens (including phenoxy) is 1. The van der Waals surface area contributed by atoms with Crippen LogP contribution in [0.3, 0.4) is 0 Å². The van der Waals surface area contributed by atoms with Crippen LogP contribution in [0, 0.1) is 0 Å². The van der Waals surface area contributed by atoms with Crippen LogP contribution in [0.25, 0.3) is 0 Å². The summed E-state index contributed by atoms with van der Waals surface area (Å²) in [7, 11) is 1.00. The van der Waals surface area contributed by atoms with Gasteiger partial charge in [-0.2, -0.15) is 0 Å². The number of rotatable bonds is 0. The minimum Gasteiger partial charge on any atom is -0.400 e. The van der Waals surface area contributed by atoms with E-state index in [4.69, 9.17) is 9.84 Å². The van der Waals surface area contributed by atoms with Crippen molar-refractivity contribution in [1.82, 2.24) is 0 Å². The van der Waals surface area contributed by atoms with Crippen LogP contribution in [0.5, 0.6) is 0 Å². The van der Waals surface area contributed by atoms with Gasteiger partial charge in [-0.25, -0.2) is 0 Å². The van der Waals surface area contributed by atoms with Crippen molar-refractivity contribution >= 4 is 0 Å². The Morgan fingerprint density at radius 2 is 1.29 bits per heavy atom. The Kier molecular flexibility index (Phi) is 2.96. The lowest BCUT2D eigenvalue weighted by Crippen LogP contribution is -1.74. The normalized spacial score (nSPS) is 36.0. The average Bonchev–Trinajstić information content (AvgIpc) is 2.27. The molecule has 0 saturated carbocycles. The molecule has 0 radical (unpaired) electrons. The number of hydrogen-bond acceptors (Lipinski definition) is 2. The van der Waals surface area contributed by atoms with Crippen molar-refractivity contribution in [2.45, 2.75) is 26.1 Å². The molecule has 1 rings (SSSR count). The van der Waals surface area contributed by atoms with Crippen LogP contribution in [0.2, 0.25) is 0 Å². The smallest absolute Gasteiger partial charge is 0.0811 e. The van der Waals surface area contributed by atoms with E-state index in [1.165, 1.54) is 0 Å². The van der Waals surface area contributed by atoms with E-state index in [2.05, 4.69) is 13.8 Å². The van der Waals surface area contributed by atoms with Gasteiger partial charge >= 0.3 is 0 Å². The second kappa shape index (κ2) is 2.99. The van der Waals surface area contributed by atoms with Crippen LogP contribution in [0.15, 0.2) is 0 Å². The third kappa shape index (κ3) is 2.60. The van der Waals surface area contributed by atoms with Crippen molar-refractivity contribution in [3.63, 3.8) is 0 Å². The second-order valence-electron chi connectivity index (χ2n) is 1.55. The van der Waals surface area contributed by atoms with Crippen molar-refractivity contribution < 1.29 is 9.84 Å². The van der Waals surface area contributed by atoms with E-state index in [0.717, 1.165) is 7.11 Å². The zero-order chi connectivity index (χ0) is 5.86. The molecule has 1 heterocycles. The van der Waals surface area contributed by atoms with Gasteiger partial charge in [-0.15, -0.1) is 0 Å². The first-order valence-corrected chi connectivity index (χ1v) is 2.41. The largest absolute Gasteiger partial charge is 0.400 e. The highest BCUT2D eigenvalue weighted by molar-refractivity contribution is 4.73. The molecule has 1 saturated heterocycles. The molecule has 7 heavy (non-hydrogen) atoms. The van der Waals surface area contributed by atoms with Crippen molar-refractivity contribution in [2.24, 2.45) is 0 Å². The number of aliphatic hydroxyl groups is 1. The molecule has 0 spiro atoms. The lowest BCUT2D eigenvalue weighted by Gasteiger charge is -1.57. The van der Waals surface area contributed by atoms with Crippen molar-refractivity contribution in [2.75, 3.05) is 7.11 Å². The first kappa shape index (κ1) is 6.92. The highest BCUT2D eigenvalue weighted by Gasteiger charge is 2.27. The molecule has 2 atom stereocenters. The molecule has 2 unspecified atom stereocenters. The SMILES string of the molecule is CC1OC1C.CO. The van der Waals surface area contributed by atoms with Crippen LogP contribution in [-0.2, 0) is 4.74 Å². The fraction of sp³-hybridized carbons (Fsp3) is 1.00. The molecular formula is C5H12O2. The molecule has 1 aliphatic rings. The summed E-state index contributed by atoms with van der Waals surface area (Å²) in [4.78, 5) is 0. The second-order valence-corrected chi connectivity index (χ2v) is 1.55. The van der Waals surface area contributed by atoms with Gasteiger partial charge in [0, 0.05) is 7.11 Å². The molecule has 0 aromatic carbocycles.